The molecule has 0 saturated heterocycles. The van der Waals surface area contributed by atoms with Crippen LogP contribution < -0.4 is 10.2 Å². The van der Waals surface area contributed by atoms with E-state index in [4.69, 9.17) is 25.2 Å². The number of ether oxygens (including phenoxy) is 1. The second kappa shape index (κ2) is 7.81. The van der Waals surface area contributed by atoms with Crippen molar-refractivity contribution in [3.63, 3.8) is 0 Å². The predicted molar refractivity (Wildman–Crippen MR) is 111 cm³/mol. The molecule has 144 valence electrons. The third-order valence-corrected chi connectivity index (χ3v) is 4.58. The van der Waals surface area contributed by atoms with Gasteiger partial charge in [-0.3, -0.25) is 4.79 Å². The zero-order valence-corrected chi connectivity index (χ0v) is 16.1. The van der Waals surface area contributed by atoms with Crippen LogP contribution in [0.3, 0.4) is 0 Å². The van der Waals surface area contributed by atoms with E-state index in [0.717, 1.165) is 5.56 Å². The molecule has 2 heterocycles. The van der Waals surface area contributed by atoms with E-state index >= 15 is 0 Å². The fraction of sp³-hybridized carbons (Fsp3) is 0.0435. The molecule has 0 radical (unpaired) electrons. The number of carbonyl (C=O) groups is 1. The minimum absolute atomic E-state index is 0.0942. The molecule has 0 aliphatic rings. The van der Waals surface area contributed by atoms with Crippen LogP contribution in [0.4, 0.5) is 0 Å². The number of rotatable bonds is 4. The van der Waals surface area contributed by atoms with E-state index in [1.807, 2.05) is 13.0 Å². The summed E-state index contributed by atoms with van der Waals surface area (Å²) in [5.41, 5.74) is 1.25. The van der Waals surface area contributed by atoms with E-state index in [1.54, 1.807) is 48.5 Å². The van der Waals surface area contributed by atoms with E-state index in [1.165, 1.54) is 18.4 Å². The SMILES string of the molecule is Cc1ccc2oc(-c3ccccc3Cl)c(OC(=O)C=Cc3ccco3)c(=O)c2c1. The third-order valence-electron chi connectivity index (χ3n) is 4.25. The maximum absolute atomic E-state index is 13.1. The first-order valence-electron chi connectivity index (χ1n) is 8.78. The molecule has 0 aliphatic heterocycles. The Morgan fingerprint density at radius 1 is 1.10 bits per heavy atom. The van der Waals surface area contributed by atoms with Crippen LogP contribution in [0.5, 0.6) is 5.75 Å². The van der Waals surface area contributed by atoms with Crippen LogP contribution >= 0.6 is 11.6 Å². The van der Waals surface area contributed by atoms with Crippen molar-refractivity contribution in [2.75, 3.05) is 0 Å². The lowest BCUT2D eigenvalue weighted by molar-refractivity contribution is -0.129. The van der Waals surface area contributed by atoms with Crippen molar-refractivity contribution in [1.82, 2.24) is 0 Å². The van der Waals surface area contributed by atoms with Crippen molar-refractivity contribution in [2.45, 2.75) is 6.92 Å². The second-order valence-electron chi connectivity index (χ2n) is 6.34. The molecule has 0 aliphatic carbocycles. The molecule has 29 heavy (non-hydrogen) atoms. The van der Waals surface area contributed by atoms with Gasteiger partial charge in [0.25, 0.3) is 0 Å². The highest BCUT2D eigenvalue weighted by molar-refractivity contribution is 6.33. The van der Waals surface area contributed by atoms with Crippen LogP contribution in [0, 0.1) is 6.92 Å². The quantitative estimate of drug-likeness (QED) is 0.324. The van der Waals surface area contributed by atoms with Gasteiger partial charge in [-0.2, -0.15) is 0 Å². The topological polar surface area (TPSA) is 69.7 Å². The molecular formula is C23H15ClO5. The molecule has 0 amide bonds. The summed E-state index contributed by atoms with van der Waals surface area (Å²) in [4.78, 5) is 25.5. The molecule has 0 spiro atoms. The Balaban J connectivity index is 1.85. The number of carbonyl (C=O) groups excluding carboxylic acids is 1. The van der Waals surface area contributed by atoms with Crippen molar-refractivity contribution < 1.29 is 18.4 Å². The van der Waals surface area contributed by atoms with Gasteiger partial charge in [0.15, 0.2) is 5.76 Å². The number of fused-ring (bicyclic) bond motifs is 1. The van der Waals surface area contributed by atoms with Crippen LogP contribution in [0.2, 0.25) is 5.02 Å². The van der Waals surface area contributed by atoms with Crippen molar-refractivity contribution >= 4 is 34.6 Å². The maximum atomic E-state index is 13.1. The Bertz CT molecular complexity index is 1280. The molecule has 5 nitrogen and oxygen atoms in total. The summed E-state index contributed by atoms with van der Waals surface area (Å²) in [5, 5.41) is 0.684. The standard InChI is InChI=1S/C23H15ClO5/c1-14-8-10-19-17(13-14)21(26)23(22(28-19)16-6-2-3-7-18(16)24)29-20(25)11-9-15-5-4-12-27-15/h2-13H,1H3. The lowest BCUT2D eigenvalue weighted by Crippen LogP contribution is -2.14. The molecule has 2 aromatic heterocycles. The zero-order valence-electron chi connectivity index (χ0n) is 15.3. The first kappa shape index (κ1) is 18.8. The number of aryl methyl sites for hydroxylation is 1. The Hall–Kier alpha value is -3.57. The first-order chi connectivity index (χ1) is 14.0. The molecule has 0 saturated carbocycles. The molecule has 0 bridgehead atoms. The summed E-state index contributed by atoms with van der Waals surface area (Å²) in [6.07, 6.45) is 4.11. The number of hydrogen-bond acceptors (Lipinski definition) is 5. The van der Waals surface area contributed by atoms with E-state index in [2.05, 4.69) is 0 Å². The van der Waals surface area contributed by atoms with E-state index in [9.17, 15) is 9.59 Å². The van der Waals surface area contributed by atoms with Gasteiger partial charge in [-0.05, 0) is 49.4 Å². The summed E-state index contributed by atoms with van der Waals surface area (Å²) in [6, 6.07) is 15.5. The molecule has 0 unspecified atom stereocenters. The Labute approximate surface area is 170 Å². The van der Waals surface area contributed by atoms with E-state index < -0.39 is 11.4 Å². The monoisotopic (exact) mass is 406 g/mol. The van der Waals surface area contributed by atoms with E-state index in [-0.39, 0.29) is 11.5 Å². The summed E-state index contributed by atoms with van der Waals surface area (Å²) >= 11 is 6.30. The van der Waals surface area contributed by atoms with Gasteiger partial charge in [-0.25, -0.2) is 4.79 Å². The van der Waals surface area contributed by atoms with Gasteiger partial charge in [0.2, 0.25) is 11.2 Å². The Morgan fingerprint density at radius 2 is 1.93 bits per heavy atom. The van der Waals surface area contributed by atoms with Gasteiger partial charge in [-0.1, -0.05) is 35.4 Å². The normalized spacial score (nSPS) is 11.2. The lowest BCUT2D eigenvalue weighted by atomic mass is 10.1. The van der Waals surface area contributed by atoms with Crippen molar-refractivity contribution in [3.8, 4) is 17.1 Å². The number of furan rings is 1. The Kier molecular flexibility index (Phi) is 5.06. The van der Waals surface area contributed by atoms with Crippen LogP contribution in [0.1, 0.15) is 11.3 Å². The number of esters is 1. The summed E-state index contributed by atoms with van der Waals surface area (Å²) in [7, 11) is 0. The third kappa shape index (κ3) is 3.86. The van der Waals surface area contributed by atoms with Gasteiger partial charge in [0.05, 0.1) is 16.7 Å². The number of benzene rings is 2. The number of hydrogen-bond donors (Lipinski definition) is 0. The average Bonchev–Trinajstić information content (AvgIpc) is 3.23. The molecule has 2 aromatic carbocycles. The molecule has 4 rings (SSSR count). The summed E-state index contributed by atoms with van der Waals surface area (Å²) in [5.74, 6) is -0.384. The van der Waals surface area contributed by atoms with Gasteiger partial charge >= 0.3 is 5.97 Å². The largest absolute Gasteiger partial charge is 0.465 e. The van der Waals surface area contributed by atoms with Gasteiger partial charge in [0, 0.05) is 11.6 Å². The zero-order chi connectivity index (χ0) is 20.4. The molecule has 4 aromatic rings. The van der Waals surface area contributed by atoms with E-state index in [0.29, 0.717) is 27.3 Å². The average molecular weight is 407 g/mol. The lowest BCUT2D eigenvalue weighted by Gasteiger charge is -2.11. The summed E-state index contributed by atoms with van der Waals surface area (Å²) in [6.45, 7) is 1.86. The van der Waals surface area contributed by atoms with Crippen molar-refractivity contribution in [2.24, 2.45) is 0 Å². The molecule has 0 atom stereocenters. The molecule has 0 fully saturated rings. The minimum atomic E-state index is -0.742. The molecule has 6 heteroatoms. The highest BCUT2D eigenvalue weighted by Gasteiger charge is 2.21. The van der Waals surface area contributed by atoms with Crippen LogP contribution in [0.15, 0.2) is 80.6 Å². The maximum Gasteiger partial charge on any atom is 0.336 e. The smallest absolute Gasteiger partial charge is 0.336 e. The summed E-state index contributed by atoms with van der Waals surface area (Å²) < 4.78 is 16.5. The van der Waals surface area contributed by atoms with Crippen LogP contribution in [0.25, 0.3) is 28.4 Å². The van der Waals surface area contributed by atoms with Gasteiger partial charge in [0.1, 0.15) is 11.3 Å². The minimum Gasteiger partial charge on any atom is -0.465 e. The second-order valence-corrected chi connectivity index (χ2v) is 6.75. The highest BCUT2D eigenvalue weighted by Crippen LogP contribution is 2.35. The van der Waals surface area contributed by atoms with Crippen molar-refractivity contribution in [3.05, 3.63) is 93.5 Å². The fourth-order valence-corrected chi connectivity index (χ4v) is 3.10. The molecular weight excluding hydrogens is 392 g/mol. The fourth-order valence-electron chi connectivity index (χ4n) is 2.88. The van der Waals surface area contributed by atoms with Crippen LogP contribution in [-0.2, 0) is 4.79 Å². The molecule has 0 N–H and O–H groups in total. The predicted octanol–water partition coefficient (Wildman–Crippen LogP) is 5.63. The van der Waals surface area contributed by atoms with Gasteiger partial charge in [-0.15, -0.1) is 0 Å². The van der Waals surface area contributed by atoms with Gasteiger partial charge < -0.3 is 13.6 Å². The van der Waals surface area contributed by atoms with Crippen LogP contribution in [-0.4, -0.2) is 5.97 Å². The van der Waals surface area contributed by atoms with Crippen molar-refractivity contribution in [1.29, 1.82) is 0 Å². The number of halogens is 1. The highest BCUT2D eigenvalue weighted by atomic mass is 35.5. The Morgan fingerprint density at radius 3 is 2.69 bits per heavy atom. The first-order valence-corrected chi connectivity index (χ1v) is 9.16.